The van der Waals surface area contributed by atoms with E-state index in [9.17, 15) is 44.4 Å². The Morgan fingerprint density at radius 1 is 0.804 bits per heavy atom. The Morgan fingerprint density at radius 3 is 1.91 bits per heavy atom. The predicted molar refractivity (Wildman–Crippen MR) is 148 cm³/mol. The highest BCUT2D eigenvalue weighted by Crippen LogP contribution is 2.39. The van der Waals surface area contributed by atoms with Gasteiger partial charge in [-0.05, 0) is 23.8 Å². The van der Waals surface area contributed by atoms with Gasteiger partial charge in [0.25, 0.3) is 0 Å². The van der Waals surface area contributed by atoms with Crippen molar-refractivity contribution in [2.45, 2.75) is 82.5 Å². The van der Waals surface area contributed by atoms with Gasteiger partial charge >= 0.3 is 29.8 Å². The summed E-state index contributed by atoms with van der Waals surface area (Å²) in [5, 5.41) is 42.3. The molecule has 0 aliphatic carbocycles. The second kappa shape index (κ2) is 15.9. The molecule has 0 spiro atoms. The number of esters is 5. The number of rotatable bonds is 12. The number of hydrogen-bond donors (Lipinski definition) is 4. The topological polar surface area (TPSA) is 240 Å². The van der Waals surface area contributed by atoms with E-state index in [1.54, 1.807) is 0 Å². The van der Waals surface area contributed by atoms with Crippen molar-refractivity contribution in [2.24, 2.45) is 0 Å². The van der Waals surface area contributed by atoms with Crippen LogP contribution in [0, 0.1) is 0 Å². The monoisotopic (exact) mass is 656 g/mol. The summed E-state index contributed by atoms with van der Waals surface area (Å²) in [5.41, 5.74) is 0.491. The highest BCUT2D eigenvalue weighted by atomic mass is 16.8. The summed E-state index contributed by atoms with van der Waals surface area (Å²) >= 11 is 0. The fraction of sp³-hybridized carbons (Fsp3) is 0.552. The maximum Gasteiger partial charge on any atom is 0.331 e. The molecule has 1 aromatic carbocycles. The average molecular weight is 657 g/mol. The molecule has 17 heteroatoms. The fourth-order valence-corrected chi connectivity index (χ4v) is 4.69. The zero-order chi connectivity index (χ0) is 34.2. The van der Waals surface area contributed by atoms with Crippen LogP contribution >= 0.6 is 0 Å². The smallest absolute Gasteiger partial charge is 0.331 e. The van der Waals surface area contributed by atoms with Gasteiger partial charge in [-0.25, -0.2) is 4.79 Å². The third kappa shape index (κ3) is 9.44. The number of benzene rings is 1. The van der Waals surface area contributed by atoms with Crippen LogP contribution in [-0.4, -0.2) is 125 Å². The molecule has 0 aromatic heterocycles. The van der Waals surface area contributed by atoms with E-state index in [2.05, 4.69) is 0 Å². The van der Waals surface area contributed by atoms with Crippen LogP contribution in [0.5, 0.6) is 5.75 Å². The molecule has 2 heterocycles. The van der Waals surface area contributed by atoms with Gasteiger partial charge < -0.3 is 58.3 Å². The van der Waals surface area contributed by atoms with E-state index in [1.807, 2.05) is 0 Å². The maximum absolute atomic E-state index is 12.9. The highest BCUT2D eigenvalue weighted by molar-refractivity contribution is 5.87. The van der Waals surface area contributed by atoms with Gasteiger partial charge in [-0.3, -0.25) is 19.2 Å². The molecule has 0 amide bonds. The summed E-state index contributed by atoms with van der Waals surface area (Å²) in [6.07, 6.45) is -11.3. The van der Waals surface area contributed by atoms with Crippen LogP contribution in [0.1, 0.15) is 33.3 Å². The van der Waals surface area contributed by atoms with Gasteiger partial charge in [-0.2, -0.15) is 0 Å². The number of hydrogen-bond acceptors (Lipinski definition) is 17. The minimum atomic E-state index is -2.50. The van der Waals surface area contributed by atoms with Crippen molar-refractivity contribution in [1.82, 2.24) is 0 Å². The molecule has 0 bridgehead atoms. The third-order valence-electron chi connectivity index (χ3n) is 6.68. The molecule has 17 nitrogen and oxygen atoms in total. The fourth-order valence-electron chi connectivity index (χ4n) is 4.69. The molecule has 9 atom stereocenters. The summed E-state index contributed by atoms with van der Waals surface area (Å²) in [6, 6.07) is 5.75. The predicted octanol–water partition coefficient (Wildman–Crippen LogP) is -1.14. The summed E-state index contributed by atoms with van der Waals surface area (Å²) in [5.74, 6) is -6.88. The molecule has 2 aliphatic heterocycles. The van der Waals surface area contributed by atoms with Gasteiger partial charge in [-0.1, -0.05) is 12.1 Å². The zero-order valence-corrected chi connectivity index (χ0v) is 25.3. The standard InChI is InChI=1S/C29H36O17/c1-14(31)39-11-20-23(37)27(44-22(36)10-7-18-5-8-19(35)9-6-18)29(13-30,45-20)46-28-26(42-17(4)34)24(38)25(41-16(3)33)21(43-28)12-40-15(2)32/h5-10,20-21,23-28,30,35,37-38H,11-13H2,1-4H3/b10-7+/t20-,21-,23-,24+,25-,26-,27+,28-,29+/m1/s1. The molecule has 46 heavy (non-hydrogen) atoms. The van der Waals surface area contributed by atoms with E-state index < -0.39 is 104 Å². The van der Waals surface area contributed by atoms with Crippen LogP contribution in [-0.2, 0) is 61.9 Å². The average Bonchev–Trinajstić information content (AvgIpc) is 3.23. The normalized spacial score (nSPS) is 30.8. The molecule has 1 aromatic rings. The molecule has 0 saturated carbocycles. The Labute approximate surface area is 262 Å². The summed E-state index contributed by atoms with van der Waals surface area (Å²) in [4.78, 5) is 59.7. The number of aliphatic hydroxyl groups excluding tert-OH is 3. The lowest BCUT2D eigenvalue weighted by Gasteiger charge is -2.45. The van der Waals surface area contributed by atoms with Crippen molar-refractivity contribution >= 4 is 35.9 Å². The summed E-state index contributed by atoms with van der Waals surface area (Å²) in [6.45, 7) is 1.89. The molecule has 4 N–H and O–H groups in total. The van der Waals surface area contributed by atoms with E-state index in [1.165, 1.54) is 30.3 Å². The first-order valence-electron chi connectivity index (χ1n) is 13.9. The number of carbonyl (C=O) groups is 5. The van der Waals surface area contributed by atoms with Gasteiger partial charge in [0.05, 0.1) is 0 Å². The third-order valence-corrected chi connectivity index (χ3v) is 6.68. The van der Waals surface area contributed by atoms with Gasteiger partial charge in [0, 0.05) is 33.8 Å². The largest absolute Gasteiger partial charge is 0.508 e. The molecule has 2 saturated heterocycles. The molecule has 254 valence electrons. The Kier molecular flexibility index (Phi) is 12.6. The van der Waals surface area contributed by atoms with E-state index in [-0.39, 0.29) is 5.75 Å². The number of phenolic OH excluding ortho intramolecular Hbond substituents is 1. The Hall–Kier alpha value is -4.13. The van der Waals surface area contributed by atoms with E-state index in [4.69, 9.17) is 37.9 Å². The number of carbonyl (C=O) groups excluding carboxylic acids is 5. The van der Waals surface area contributed by atoms with Gasteiger partial charge in [0.2, 0.25) is 12.1 Å². The maximum atomic E-state index is 12.9. The summed E-state index contributed by atoms with van der Waals surface area (Å²) in [7, 11) is 0. The minimum Gasteiger partial charge on any atom is -0.508 e. The molecule has 0 unspecified atom stereocenters. The number of aromatic hydroxyl groups is 1. The quantitative estimate of drug-likeness (QED) is 0.118. The van der Waals surface area contributed by atoms with Crippen LogP contribution in [0.15, 0.2) is 30.3 Å². The minimum absolute atomic E-state index is 0.00830. The number of aliphatic hydroxyl groups is 3. The first-order chi connectivity index (χ1) is 21.6. The van der Waals surface area contributed by atoms with Crippen LogP contribution < -0.4 is 0 Å². The van der Waals surface area contributed by atoms with Crippen molar-refractivity contribution in [3.05, 3.63) is 35.9 Å². The first-order valence-corrected chi connectivity index (χ1v) is 13.9. The van der Waals surface area contributed by atoms with E-state index in [0.717, 1.165) is 33.8 Å². The second-order valence-electron chi connectivity index (χ2n) is 10.3. The lowest BCUT2D eigenvalue weighted by atomic mass is 9.98. The van der Waals surface area contributed by atoms with Gasteiger partial charge in [-0.15, -0.1) is 0 Å². The Balaban J connectivity index is 1.97. The lowest BCUT2D eigenvalue weighted by Crippen LogP contribution is -2.64. The van der Waals surface area contributed by atoms with Crippen LogP contribution in [0.3, 0.4) is 0 Å². The van der Waals surface area contributed by atoms with E-state index in [0.29, 0.717) is 5.56 Å². The van der Waals surface area contributed by atoms with Crippen molar-refractivity contribution < 1.29 is 82.3 Å². The summed E-state index contributed by atoms with van der Waals surface area (Å²) < 4.78 is 43.2. The van der Waals surface area contributed by atoms with Crippen LogP contribution in [0.25, 0.3) is 6.08 Å². The zero-order valence-electron chi connectivity index (χ0n) is 25.3. The highest BCUT2D eigenvalue weighted by Gasteiger charge is 2.62. The molecule has 3 rings (SSSR count). The first kappa shape index (κ1) is 36.3. The van der Waals surface area contributed by atoms with Crippen molar-refractivity contribution in [3.63, 3.8) is 0 Å². The van der Waals surface area contributed by atoms with Crippen molar-refractivity contribution in [3.8, 4) is 5.75 Å². The van der Waals surface area contributed by atoms with Crippen molar-refractivity contribution in [1.29, 1.82) is 0 Å². The van der Waals surface area contributed by atoms with Gasteiger partial charge in [0.15, 0.2) is 18.3 Å². The number of phenols is 1. The van der Waals surface area contributed by atoms with Crippen LogP contribution in [0.2, 0.25) is 0 Å². The lowest BCUT2D eigenvalue weighted by molar-refractivity contribution is -0.384. The molecule has 2 aliphatic rings. The SMILES string of the molecule is CC(=O)OC[C@H]1O[C@@](CO)(O[C@H]2O[C@H](COC(C)=O)[C@@H](OC(C)=O)[C@H](O)[C@H]2OC(C)=O)[C@@H](OC(=O)/C=C/c2ccc(O)cc2)[C@@H]1O. The second-order valence-corrected chi connectivity index (χ2v) is 10.3. The molecular weight excluding hydrogens is 620 g/mol. The number of ether oxygens (including phenoxy) is 8. The Morgan fingerprint density at radius 2 is 1.37 bits per heavy atom. The molecular formula is C29H36O17. The van der Waals surface area contributed by atoms with Gasteiger partial charge in [0.1, 0.15) is 50.0 Å². The Bertz CT molecular complexity index is 1280. The van der Waals surface area contributed by atoms with Crippen LogP contribution in [0.4, 0.5) is 0 Å². The molecule has 2 fully saturated rings. The van der Waals surface area contributed by atoms with E-state index >= 15 is 0 Å². The van der Waals surface area contributed by atoms with Crippen molar-refractivity contribution in [2.75, 3.05) is 19.8 Å². The molecule has 0 radical (unpaired) electrons.